The number of benzene rings is 2. The Bertz CT molecular complexity index is 783. The smallest absolute Gasteiger partial charge is 0.282 e. The summed E-state index contributed by atoms with van der Waals surface area (Å²) in [6, 6.07) is 13.1. The predicted molar refractivity (Wildman–Crippen MR) is 80.2 cm³/mol. The number of halogens is 1. The lowest BCUT2D eigenvalue weighted by Crippen LogP contribution is -1.96. The van der Waals surface area contributed by atoms with Gasteiger partial charge in [-0.15, -0.1) is 0 Å². The molecule has 2 N–H and O–H groups in total. The fourth-order valence-electron chi connectivity index (χ4n) is 1.20. The van der Waals surface area contributed by atoms with E-state index in [1.165, 1.54) is 24.3 Å². The molecule has 2 rings (SSSR count). The van der Waals surface area contributed by atoms with Gasteiger partial charge in [0.25, 0.3) is 20.2 Å². The maximum Gasteiger partial charge on any atom is 0.294 e. The molecule has 0 saturated heterocycles. The molecule has 0 aliphatic heterocycles. The van der Waals surface area contributed by atoms with Gasteiger partial charge < -0.3 is 0 Å². The third kappa shape index (κ3) is 6.36. The van der Waals surface area contributed by atoms with Gasteiger partial charge in [0.05, 0.1) is 9.79 Å². The van der Waals surface area contributed by atoms with Gasteiger partial charge in [-0.2, -0.15) is 16.8 Å². The maximum atomic E-state index is 10.5. The van der Waals surface area contributed by atoms with Gasteiger partial charge in [0, 0.05) is 4.47 Å². The lowest BCUT2D eigenvalue weighted by atomic mass is 10.4. The summed E-state index contributed by atoms with van der Waals surface area (Å²) in [5.74, 6) is 0. The molecule has 0 fully saturated rings. The summed E-state index contributed by atoms with van der Waals surface area (Å²) in [5.41, 5.74) is 0. The first-order chi connectivity index (χ1) is 9.60. The number of hydrogen-bond donors (Lipinski definition) is 2. The van der Waals surface area contributed by atoms with Crippen LogP contribution in [0.15, 0.2) is 68.9 Å². The average molecular weight is 395 g/mol. The molecule has 0 spiro atoms. The molecule has 0 aliphatic carbocycles. The Morgan fingerprint density at radius 1 is 0.667 bits per heavy atom. The third-order valence-corrected chi connectivity index (χ3v) is 4.42. The fraction of sp³-hybridized carbons (Fsp3) is 0. The Balaban J connectivity index is 0.000000211. The van der Waals surface area contributed by atoms with E-state index >= 15 is 0 Å². The van der Waals surface area contributed by atoms with Crippen molar-refractivity contribution in [3.8, 4) is 0 Å². The van der Waals surface area contributed by atoms with Crippen molar-refractivity contribution in [2.45, 2.75) is 9.79 Å². The van der Waals surface area contributed by atoms with Crippen molar-refractivity contribution in [2.75, 3.05) is 0 Å². The molecule has 0 amide bonds. The summed E-state index contributed by atoms with van der Waals surface area (Å²) in [6.07, 6.45) is 0. The van der Waals surface area contributed by atoms with E-state index in [1.807, 2.05) is 0 Å². The summed E-state index contributed by atoms with van der Waals surface area (Å²) >= 11 is 3.14. The Morgan fingerprint density at radius 3 is 1.38 bits per heavy atom. The summed E-state index contributed by atoms with van der Waals surface area (Å²) in [7, 11) is -8.04. The molecule has 0 aromatic heterocycles. The molecule has 21 heavy (non-hydrogen) atoms. The van der Waals surface area contributed by atoms with E-state index in [4.69, 9.17) is 9.11 Å². The van der Waals surface area contributed by atoms with Gasteiger partial charge in [-0.1, -0.05) is 34.1 Å². The van der Waals surface area contributed by atoms with E-state index in [1.54, 1.807) is 30.3 Å². The van der Waals surface area contributed by atoms with Crippen LogP contribution in [0.5, 0.6) is 0 Å². The van der Waals surface area contributed by atoms with E-state index in [-0.39, 0.29) is 9.79 Å². The van der Waals surface area contributed by atoms with Gasteiger partial charge in [0.15, 0.2) is 0 Å². The molecule has 2 aromatic carbocycles. The quantitative estimate of drug-likeness (QED) is 0.757. The number of hydrogen-bond acceptors (Lipinski definition) is 4. The van der Waals surface area contributed by atoms with E-state index in [9.17, 15) is 16.8 Å². The minimum atomic E-state index is -4.04. The average Bonchev–Trinajstić information content (AvgIpc) is 2.39. The van der Waals surface area contributed by atoms with Crippen molar-refractivity contribution in [3.05, 3.63) is 59.1 Å². The highest BCUT2D eigenvalue weighted by Crippen LogP contribution is 2.13. The Kier molecular flexibility index (Phi) is 6.05. The minimum absolute atomic E-state index is 0.0741. The highest BCUT2D eigenvalue weighted by Gasteiger charge is 2.07. The topological polar surface area (TPSA) is 109 Å². The summed E-state index contributed by atoms with van der Waals surface area (Å²) in [6.45, 7) is 0. The Morgan fingerprint density at radius 2 is 1.05 bits per heavy atom. The monoisotopic (exact) mass is 394 g/mol. The van der Waals surface area contributed by atoms with Crippen molar-refractivity contribution in [3.63, 3.8) is 0 Å². The van der Waals surface area contributed by atoms with E-state index in [0.29, 0.717) is 0 Å². The van der Waals surface area contributed by atoms with E-state index in [0.717, 1.165) is 4.47 Å². The molecular formula is C12H11BrO6S2. The largest absolute Gasteiger partial charge is 0.294 e. The second-order valence-electron chi connectivity index (χ2n) is 3.72. The second-order valence-corrected chi connectivity index (χ2v) is 7.48. The Labute approximate surface area is 131 Å². The molecule has 0 aliphatic rings. The van der Waals surface area contributed by atoms with Gasteiger partial charge in [0.1, 0.15) is 0 Å². The van der Waals surface area contributed by atoms with Gasteiger partial charge in [0.2, 0.25) is 0 Å². The van der Waals surface area contributed by atoms with Crippen LogP contribution >= 0.6 is 15.9 Å². The molecule has 0 radical (unpaired) electrons. The van der Waals surface area contributed by atoms with Crippen LogP contribution in [0.25, 0.3) is 0 Å². The molecule has 0 unspecified atom stereocenters. The van der Waals surface area contributed by atoms with Crippen molar-refractivity contribution >= 4 is 36.2 Å². The van der Waals surface area contributed by atoms with Crippen molar-refractivity contribution in [2.24, 2.45) is 0 Å². The second kappa shape index (κ2) is 7.14. The first kappa shape index (κ1) is 17.8. The number of rotatable bonds is 2. The molecule has 6 nitrogen and oxygen atoms in total. The first-order valence-electron chi connectivity index (χ1n) is 5.36. The normalized spacial score (nSPS) is 11.4. The first-order valence-corrected chi connectivity index (χ1v) is 9.03. The summed E-state index contributed by atoms with van der Waals surface area (Å²) in [5, 5.41) is 0. The SMILES string of the molecule is O=S(=O)(O)c1ccc(Br)cc1.O=S(=O)(O)c1ccccc1. The lowest BCUT2D eigenvalue weighted by Gasteiger charge is -1.94. The van der Waals surface area contributed by atoms with Gasteiger partial charge in [-0.25, -0.2) is 0 Å². The maximum absolute atomic E-state index is 10.5. The van der Waals surface area contributed by atoms with Gasteiger partial charge >= 0.3 is 0 Å². The van der Waals surface area contributed by atoms with Crippen molar-refractivity contribution in [1.29, 1.82) is 0 Å². The van der Waals surface area contributed by atoms with E-state index < -0.39 is 20.2 Å². The van der Waals surface area contributed by atoms with Gasteiger partial charge in [-0.3, -0.25) is 9.11 Å². The standard InChI is InChI=1S/C6H5BrO3S.C6H6O3S/c7-5-1-3-6(4-2-5)11(8,9)10;7-10(8,9)6-4-2-1-3-5-6/h1-4H,(H,8,9,10);1-5H,(H,7,8,9). The summed E-state index contributed by atoms with van der Waals surface area (Å²) < 4.78 is 59.5. The molecule has 9 heteroatoms. The van der Waals surface area contributed by atoms with Crippen LogP contribution in [-0.2, 0) is 20.2 Å². The zero-order valence-corrected chi connectivity index (χ0v) is 13.6. The molecule has 0 saturated carbocycles. The van der Waals surface area contributed by atoms with Crippen LogP contribution in [0.4, 0.5) is 0 Å². The predicted octanol–water partition coefficient (Wildman–Crippen LogP) is 2.63. The molecule has 114 valence electrons. The van der Waals surface area contributed by atoms with Crippen molar-refractivity contribution in [1.82, 2.24) is 0 Å². The van der Waals surface area contributed by atoms with Crippen LogP contribution < -0.4 is 0 Å². The zero-order chi connectivity index (χ0) is 16.1. The molecule has 0 heterocycles. The molecular weight excluding hydrogens is 384 g/mol. The molecule has 2 aromatic rings. The van der Waals surface area contributed by atoms with Crippen LogP contribution in [-0.4, -0.2) is 25.9 Å². The molecule has 0 atom stereocenters. The highest BCUT2D eigenvalue weighted by molar-refractivity contribution is 9.10. The van der Waals surface area contributed by atoms with Crippen molar-refractivity contribution < 1.29 is 25.9 Å². The summed E-state index contributed by atoms with van der Waals surface area (Å²) in [4.78, 5) is -0.171. The molecule has 0 bridgehead atoms. The highest BCUT2D eigenvalue weighted by atomic mass is 79.9. The fourth-order valence-corrected chi connectivity index (χ4v) is 2.44. The van der Waals surface area contributed by atoms with Crippen LogP contribution in [0, 0.1) is 0 Å². The van der Waals surface area contributed by atoms with Crippen LogP contribution in [0.3, 0.4) is 0 Å². The third-order valence-electron chi connectivity index (χ3n) is 2.15. The minimum Gasteiger partial charge on any atom is -0.282 e. The van der Waals surface area contributed by atoms with Crippen LogP contribution in [0.2, 0.25) is 0 Å². The Hall–Kier alpha value is -1.26. The van der Waals surface area contributed by atoms with Crippen LogP contribution in [0.1, 0.15) is 0 Å². The zero-order valence-electron chi connectivity index (χ0n) is 10.4. The lowest BCUT2D eigenvalue weighted by molar-refractivity contribution is 0.481. The van der Waals surface area contributed by atoms with E-state index in [2.05, 4.69) is 15.9 Å². The van der Waals surface area contributed by atoms with Gasteiger partial charge in [-0.05, 0) is 36.4 Å².